The Hall–Kier alpha value is -1.21. The number of sulfone groups is 1. The molecule has 1 atom stereocenters. The molecule has 112 valence electrons. The molecule has 1 heterocycles. The van der Waals surface area contributed by atoms with Gasteiger partial charge in [0.15, 0.2) is 0 Å². The predicted molar refractivity (Wildman–Crippen MR) is 71.7 cm³/mol. The molecular formula is C13H17F2NO3S. The number of hydrogen-bond acceptors (Lipinski definition) is 4. The van der Waals surface area contributed by atoms with E-state index in [0.29, 0.717) is 18.8 Å². The summed E-state index contributed by atoms with van der Waals surface area (Å²) in [4.78, 5) is 1.42. The van der Waals surface area contributed by atoms with Crippen LogP contribution in [0.5, 0.6) is 0 Å². The highest BCUT2D eigenvalue weighted by Gasteiger charge is 2.31. The van der Waals surface area contributed by atoms with Gasteiger partial charge in [0.1, 0.15) is 0 Å². The molecule has 20 heavy (non-hydrogen) atoms. The summed E-state index contributed by atoms with van der Waals surface area (Å²) in [5.74, 6) is -3.38. The fraction of sp³-hybridized carbons (Fsp3) is 0.538. The summed E-state index contributed by atoms with van der Waals surface area (Å²) < 4.78 is 48.9. The van der Waals surface area contributed by atoms with Crippen molar-refractivity contribution in [3.8, 4) is 0 Å². The fourth-order valence-electron chi connectivity index (χ4n) is 2.49. The smallest absolute Gasteiger partial charge is 0.341 e. The van der Waals surface area contributed by atoms with Crippen molar-refractivity contribution in [2.24, 2.45) is 5.92 Å². The third kappa shape index (κ3) is 2.93. The summed E-state index contributed by atoms with van der Waals surface area (Å²) in [6.07, 6.45) is 1.66. The van der Waals surface area contributed by atoms with E-state index in [1.54, 1.807) is 11.0 Å². The first-order valence-corrected chi connectivity index (χ1v) is 7.98. The van der Waals surface area contributed by atoms with Gasteiger partial charge in [-0.25, -0.2) is 8.42 Å². The molecule has 4 nitrogen and oxygen atoms in total. The fourth-order valence-corrected chi connectivity index (χ4v) is 3.44. The Bertz CT molecular complexity index is 562. The first kappa shape index (κ1) is 15.2. The van der Waals surface area contributed by atoms with Gasteiger partial charge in [0.25, 0.3) is 0 Å². The van der Waals surface area contributed by atoms with Gasteiger partial charge in [0, 0.05) is 19.7 Å². The molecule has 0 aliphatic carbocycles. The molecule has 0 saturated carbocycles. The van der Waals surface area contributed by atoms with Crippen molar-refractivity contribution in [1.82, 2.24) is 0 Å². The summed E-state index contributed by atoms with van der Waals surface area (Å²) in [5.41, 5.74) is 0.297. The number of aliphatic hydroxyl groups excluding tert-OH is 1. The molecule has 1 fully saturated rings. The van der Waals surface area contributed by atoms with Crippen molar-refractivity contribution in [2.75, 3.05) is 24.6 Å². The highest BCUT2D eigenvalue weighted by Crippen LogP contribution is 2.31. The Labute approximate surface area is 116 Å². The maximum atomic E-state index is 12.7. The minimum Gasteiger partial charge on any atom is -0.396 e. The van der Waals surface area contributed by atoms with Crippen LogP contribution >= 0.6 is 0 Å². The van der Waals surface area contributed by atoms with Crippen LogP contribution in [0.15, 0.2) is 29.2 Å². The SMILES string of the molecule is O=S(=O)(c1ccccc1N1CCCC(CO)C1)C(F)F. The average molecular weight is 305 g/mol. The Morgan fingerprint density at radius 1 is 1.35 bits per heavy atom. The van der Waals surface area contributed by atoms with Crippen LogP contribution in [-0.2, 0) is 9.84 Å². The molecule has 1 aromatic rings. The lowest BCUT2D eigenvalue weighted by molar-refractivity contribution is 0.208. The van der Waals surface area contributed by atoms with Gasteiger partial charge >= 0.3 is 5.76 Å². The van der Waals surface area contributed by atoms with Crippen LogP contribution in [-0.4, -0.2) is 39.0 Å². The van der Waals surface area contributed by atoms with Gasteiger partial charge in [0.2, 0.25) is 9.84 Å². The largest absolute Gasteiger partial charge is 0.396 e. The lowest BCUT2D eigenvalue weighted by Gasteiger charge is -2.34. The first-order chi connectivity index (χ1) is 9.46. The molecule has 1 aliphatic rings. The minimum atomic E-state index is -4.62. The van der Waals surface area contributed by atoms with Gasteiger partial charge in [-0.1, -0.05) is 12.1 Å². The van der Waals surface area contributed by atoms with Crippen molar-refractivity contribution in [3.05, 3.63) is 24.3 Å². The molecule has 0 radical (unpaired) electrons. The normalized spacial score (nSPS) is 20.4. The number of para-hydroxylation sites is 1. The van der Waals surface area contributed by atoms with Crippen molar-refractivity contribution < 1.29 is 22.3 Å². The zero-order valence-corrected chi connectivity index (χ0v) is 11.7. The number of aliphatic hydroxyl groups is 1. The maximum Gasteiger partial charge on any atom is 0.341 e. The van der Waals surface area contributed by atoms with Crippen LogP contribution in [0.3, 0.4) is 0 Å². The first-order valence-electron chi connectivity index (χ1n) is 6.43. The van der Waals surface area contributed by atoms with Crippen molar-refractivity contribution >= 4 is 15.5 Å². The van der Waals surface area contributed by atoms with Gasteiger partial charge in [-0.2, -0.15) is 8.78 Å². The number of piperidine rings is 1. The van der Waals surface area contributed by atoms with Gasteiger partial charge in [-0.15, -0.1) is 0 Å². The highest BCUT2D eigenvalue weighted by atomic mass is 32.2. The van der Waals surface area contributed by atoms with Crippen LogP contribution in [0.25, 0.3) is 0 Å². The van der Waals surface area contributed by atoms with Crippen LogP contribution < -0.4 is 4.90 Å². The molecule has 1 saturated heterocycles. The molecule has 2 rings (SSSR count). The molecule has 7 heteroatoms. The van der Waals surface area contributed by atoms with E-state index in [1.807, 2.05) is 0 Å². The molecule has 0 amide bonds. The molecule has 0 aromatic heterocycles. The third-order valence-electron chi connectivity index (χ3n) is 3.52. The summed E-state index contributed by atoms with van der Waals surface area (Å²) in [5, 5.41) is 9.21. The highest BCUT2D eigenvalue weighted by molar-refractivity contribution is 7.91. The van der Waals surface area contributed by atoms with Gasteiger partial charge in [-0.3, -0.25) is 0 Å². The number of hydrogen-bond donors (Lipinski definition) is 1. The molecule has 1 aromatic carbocycles. The predicted octanol–water partition coefficient (Wildman–Crippen LogP) is 1.89. The lowest BCUT2D eigenvalue weighted by Crippen LogP contribution is -2.37. The van der Waals surface area contributed by atoms with Crippen LogP contribution in [0.1, 0.15) is 12.8 Å². The Morgan fingerprint density at radius 2 is 2.05 bits per heavy atom. The maximum absolute atomic E-state index is 12.7. The number of anilines is 1. The van der Waals surface area contributed by atoms with E-state index < -0.39 is 15.6 Å². The Kier molecular flexibility index (Phi) is 4.59. The third-order valence-corrected chi connectivity index (χ3v) is 4.95. The average Bonchev–Trinajstić information content (AvgIpc) is 2.47. The topological polar surface area (TPSA) is 57.6 Å². The van der Waals surface area contributed by atoms with Gasteiger partial charge < -0.3 is 10.0 Å². The molecule has 0 bridgehead atoms. The zero-order valence-electron chi connectivity index (χ0n) is 10.9. The van der Waals surface area contributed by atoms with Crippen molar-refractivity contribution in [1.29, 1.82) is 0 Å². The number of benzene rings is 1. The van der Waals surface area contributed by atoms with E-state index in [1.165, 1.54) is 18.2 Å². The van der Waals surface area contributed by atoms with Crippen LogP contribution in [0.4, 0.5) is 14.5 Å². The van der Waals surface area contributed by atoms with E-state index >= 15 is 0 Å². The molecule has 1 unspecified atom stereocenters. The second-order valence-electron chi connectivity index (χ2n) is 4.91. The van der Waals surface area contributed by atoms with Gasteiger partial charge in [0.05, 0.1) is 10.6 Å². The molecule has 1 aliphatic heterocycles. The van der Waals surface area contributed by atoms with E-state index in [2.05, 4.69) is 0 Å². The summed E-state index contributed by atoms with van der Waals surface area (Å²) in [6, 6.07) is 5.81. The van der Waals surface area contributed by atoms with Crippen LogP contribution in [0.2, 0.25) is 0 Å². The van der Waals surface area contributed by atoms with Crippen molar-refractivity contribution in [2.45, 2.75) is 23.5 Å². The van der Waals surface area contributed by atoms with Gasteiger partial charge in [-0.05, 0) is 30.9 Å². The molecule has 1 N–H and O–H groups in total. The number of alkyl halides is 2. The molecular weight excluding hydrogens is 288 g/mol. The summed E-state index contributed by atoms with van der Waals surface area (Å²) in [6.45, 7) is 1.10. The van der Waals surface area contributed by atoms with E-state index in [9.17, 15) is 22.3 Å². The minimum absolute atomic E-state index is 0.0142. The lowest BCUT2D eigenvalue weighted by atomic mass is 9.98. The van der Waals surface area contributed by atoms with E-state index in [0.717, 1.165) is 12.8 Å². The van der Waals surface area contributed by atoms with Crippen molar-refractivity contribution in [3.63, 3.8) is 0 Å². The second-order valence-corrected chi connectivity index (χ2v) is 6.80. The van der Waals surface area contributed by atoms with E-state index in [-0.39, 0.29) is 17.4 Å². The summed E-state index contributed by atoms with van der Waals surface area (Å²) >= 11 is 0. The second kappa shape index (κ2) is 6.05. The van der Waals surface area contributed by atoms with E-state index in [4.69, 9.17) is 0 Å². The molecule has 0 spiro atoms. The number of halogens is 2. The standard InChI is InChI=1S/C13H17F2NO3S/c14-13(15)20(18,19)12-6-2-1-5-11(12)16-7-3-4-10(8-16)9-17/h1-2,5-6,10,13,17H,3-4,7-9H2. The van der Waals surface area contributed by atoms with Crippen LogP contribution in [0, 0.1) is 5.92 Å². The quantitative estimate of drug-likeness (QED) is 0.923. The monoisotopic (exact) mass is 305 g/mol. The summed E-state index contributed by atoms with van der Waals surface area (Å²) in [7, 11) is -4.62. The number of nitrogens with zero attached hydrogens (tertiary/aromatic N) is 1. The number of rotatable bonds is 4. The Balaban J connectivity index is 2.38. The Morgan fingerprint density at radius 3 is 2.70 bits per heavy atom. The zero-order chi connectivity index (χ0) is 14.8.